The molecule has 0 unspecified atom stereocenters. The van der Waals surface area contributed by atoms with Crippen LogP contribution in [0.4, 0.5) is 0 Å². The van der Waals surface area contributed by atoms with Gasteiger partial charge in [0, 0.05) is 11.6 Å². The van der Waals surface area contributed by atoms with Crippen molar-refractivity contribution in [3.8, 4) is 0 Å². The molecule has 4 rings (SSSR count). The van der Waals surface area contributed by atoms with Crippen LogP contribution in [0.1, 0.15) is 91.7 Å². The lowest BCUT2D eigenvalue weighted by atomic mass is 9.62. The van der Waals surface area contributed by atoms with Gasteiger partial charge < -0.3 is 4.74 Å². The normalized spacial score (nSPS) is 20.9. The van der Waals surface area contributed by atoms with Crippen molar-refractivity contribution < 1.29 is 9.53 Å². The minimum atomic E-state index is -0.335. The third kappa shape index (κ3) is 2.87. The van der Waals surface area contributed by atoms with Gasteiger partial charge in [0.2, 0.25) is 0 Å². The fourth-order valence-corrected chi connectivity index (χ4v) is 4.94. The zero-order valence-electron chi connectivity index (χ0n) is 18.0. The minimum absolute atomic E-state index is 0.00850. The van der Waals surface area contributed by atoms with Crippen LogP contribution in [0.3, 0.4) is 0 Å². The fraction of sp³-hybridized carbons (Fsp3) is 0.520. The molecular formula is C25H31NO2. The number of hydrogen-bond acceptors (Lipinski definition) is 3. The van der Waals surface area contributed by atoms with Crippen molar-refractivity contribution in [2.75, 3.05) is 7.11 Å². The maximum atomic E-state index is 11.7. The van der Waals surface area contributed by atoms with E-state index in [2.05, 4.69) is 51.7 Å². The second kappa shape index (κ2) is 6.17. The average molecular weight is 378 g/mol. The zero-order valence-corrected chi connectivity index (χ0v) is 18.0. The molecule has 0 N–H and O–H groups in total. The van der Waals surface area contributed by atoms with Crippen LogP contribution < -0.4 is 0 Å². The predicted octanol–water partition coefficient (Wildman–Crippen LogP) is 5.61. The summed E-state index contributed by atoms with van der Waals surface area (Å²) < 4.78 is 4.81. The molecule has 2 aliphatic rings. The van der Waals surface area contributed by atoms with Gasteiger partial charge >= 0.3 is 5.97 Å². The van der Waals surface area contributed by atoms with Gasteiger partial charge in [0.15, 0.2) is 0 Å². The Bertz CT molecular complexity index is 934. The maximum Gasteiger partial charge on any atom is 0.339 e. The monoisotopic (exact) mass is 377 g/mol. The maximum absolute atomic E-state index is 11.7. The molecule has 1 aromatic carbocycles. The molecule has 0 atom stereocenters. The van der Waals surface area contributed by atoms with Gasteiger partial charge in [-0.25, -0.2) is 4.79 Å². The van der Waals surface area contributed by atoms with Crippen LogP contribution in [0.2, 0.25) is 0 Å². The summed E-state index contributed by atoms with van der Waals surface area (Å²) in [5.41, 5.74) is 7.78. The van der Waals surface area contributed by atoms with Crippen molar-refractivity contribution in [2.24, 2.45) is 0 Å². The number of carbonyl (C=O) groups excluding carboxylic acids is 1. The highest BCUT2D eigenvalue weighted by molar-refractivity contribution is 5.88. The Labute approximate surface area is 168 Å². The SMILES string of the molecule is COC(=O)c1ccc(C2(c3cc4c(cc3C)C(C)(C)CCC4(C)C)CC2)nc1. The molecule has 0 saturated heterocycles. The number of benzene rings is 1. The smallest absolute Gasteiger partial charge is 0.339 e. The highest BCUT2D eigenvalue weighted by atomic mass is 16.5. The Kier molecular flexibility index (Phi) is 4.22. The molecule has 0 spiro atoms. The summed E-state index contributed by atoms with van der Waals surface area (Å²) in [5.74, 6) is -0.335. The Morgan fingerprint density at radius 2 is 1.54 bits per heavy atom. The molecule has 0 amide bonds. The summed E-state index contributed by atoms with van der Waals surface area (Å²) in [4.78, 5) is 16.4. The molecule has 1 aromatic heterocycles. The first kappa shape index (κ1) is 19.2. The molecule has 3 nitrogen and oxygen atoms in total. The predicted molar refractivity (Wildman–Crippen MR) is 112 cm³/mol. The molecule has 148 valence electrons. The lowest BCUT2D eigenvalue weighted by Crippen LogP contribution is -2.34. The van der Waals surface area contributed by atoms with Crippen LogP contribution in [0.25, 0.3) is 0 Å². The van der Waals surface area contributed by atoms with E-state index in [-0.39, 0.29) is 22.2 Å². The van der Waals surface area contributed by atoms with Crippen molar-refractivity contribution in [1.29, 1.82) is 0 Å². The summed E-state index contributed by atoms with van der Waals surface area (Å²) in [5, 5.41) is 0. The number of methoxy groups -OCH3 is 1. The van der Waals surface area contributed by atoms with Gasteiger partial charge in [0.05, 0.1) is 18.4 Å². The lowest BCUT2D eigenvalue weighted by Gasteiger charge is -2.43. The van der Waals surface area contributed by atoms with Gasteiger partial charge in [-0.1, -0.05) is 39.8 Å². The van der Waals surface area contributed by atoms with E-state index >= 15 is 0 Å². The molecule has 28 heavy (non-hydrogen) atoms. The second-order valence-electron chi connectivity index (χ2n) is 9.99. The molecule has 0 aliphatic heterocycles. The van der Waals surface area contributed by atoms with Gasteiger partial charge in [0.1, 0.15) is 0 Å². The van der Waals surface area contributed by atoms with E-state index in [0.717, 1.165) is 18.5 Å². The van der Waals surface area contributed by atoms with Crippen molar-refractivity contribution >= 4 is 5.97 Å². The minimum Gasteiger partial charge on any atom is -0.465 e. The van der Waals surface area contributed by atoms with Crippen molar-refractivity contribution in [3.63, 3.8) is 0 Å². The van der Waals surface area contributed by atoms with E-state index in [1.54, 1.807) is 6.20 Å². The largest absolute Gasteiger partial charge is 0.465 e. The molecule has 1 fully saturated rings. The number of rotatable bonds is 3. The van der Waals surface area contributed by atoms with Crippen molar-refractivity contribution in [1.82, 2.24) is 4.98 Å². The fourth-order valence-electron chi connectivity index (χ4n) is 4.94. The Morgan fingerprint density at radius 3 is 2.04 bits per heavy atom. The standard InChI is InChI=1S/C25H31NO2/c1-16-13-19-20(24(4,5)10-9-23(19,2)3)14-18(16)25(11-12-25)21-8-7-17(15-26-21)22(27)28-6/h7-8,13-15H,9-12H2,1-6H3. The van der Waals surface area contributed by atoms with Crippen LogP contribution in [0, 0.1) is 6.92 Å². The van der Waals surface area contributed by atoms with Gasteiger partial charge in [-0.05, 0) is 77.8 Å². The van der Waals surface area contributed by atoms with Crippen molar-refractivity contribution in [3.05, 3.63) is 64.0 Å². The summed E-state index contributed by atoms with van der Waals surface area (Å²) in [6, 6.07) is 8.77. The summed E-state index contributed by atoms with van der Waals surface area (Å²) >= 11 is 0. The van der Waals surface area contributed by atoms with E-state index in [9.17, 15) is 4.79 Å². The number of hydrogen-bond donors (Lipinski definition) is 0. The van der Waals surface area contributed by atoms with Gasteiger partial charge in [0.25, 0.3) is 0 Å². The molecule has 0 radical (unpaired) electrons. The third-order valence-corrected chi connectivity index (χ3v) is 7.14. The first-order valence-corrected chi connectivity index (χ1v) is 10.3. The Hall–Kier alpha value is -2.16. The molecule has 2 aromatic rings. The van der Waals surface area contributed by atoms with Crippen LogP contribution in [-0.2, 0) is 21.0 Å². The molecular weight excluding hydrogens is 346 g/mol. The molecule has 0 bridgehead atoms. The summed E-state index contributed by atoms with van der Waals surface area (Å²) in [6.45, 7) is 11.8. The number of aryl methyl sites for hydroxylation is 1. The third-order valence-electron chi connectivity index (χ3n) is 7.14. The number of ether oxygens (including phenoxy) is 1. The first-order valence-electron chi connectivity index (χ1n) is 10.3. The highest BCUT2D eigenvalue weighted by Crippen LogP contribution is 2.56. The van der Waals surface area contributed by atoms with Crippen LogP contribution in [0.15, 0.2) is 30.5 Å². The van der Waals surface area contributed by atoms with E-state index in [1.807, 2.05) is 12.1 Å². The van der Waals surface area contributed by atoms with E-state index < -0.39 is 0 Å². The lowest BCUT2D eigenvalue weighted by molar-refractivity contribution is 0.0600. The van der Waals surface area contributed by atoms with Crippen LogP contribution >= 0.6 is 0 Å². The number of pyridine rings is 1. The van der Waals surface area contributed by atoms with E-state index in [1.165, 1.54) is 42.2 Å². The topological polar surface area (TPSA) is 39.2 Å². The number of nitrogens with zero attached hydrogens (tertiary/aromatic N) is 1. The first-order chi connectivity index (χ1) is 13.1. The average Bonchev–Trinajstić information content (AvgIpc) is 3.46. The van der Waals surface area contributed by atoms with E-state index in [4.69, 9.17) is 4.74 Å². The number of esters is 1. The zero-order chi connectivity index (χ0) is 20.3. The van der Waals surface area contributed by atoms with E-state index in [0.29, 0.717) is 5.56 Å². The summed E-state index contributed by atoms with van der Waals surface area (Å²) in [6.07, 6.45) is 6.33. The number of aromatic nitrogens is 1. The molecule has 2 aliphatic carbocycles. The number of carbonyl (C=O) groups is 1. The second-order valence-corrected chi connectivity index (χ2v) is 9.99. The highest BCUT2D eigenvalue weighted by Gasteiger charge is 2.49. The number of fused-ring (bicyclic) bond motifs is 1. The molecule has 3 heteroatoms. The van der Waals surface area contributed by atoms with Crippen LogP contribution in [0.5, 0.6) is 0 Å². The molecule has 1 heterocycles. The van der Waals surface area contributed by atoms with Gasteiger partial charge in [-0.3, -0.25) is 4.98 Å². The Balaban J connectivity index is 1.80. The van der Waals surface area contributed by atoms with Gasteiger partial charge in [-0.15, -0.1) is 0 Å². The van der Waals surface area contributed by atoms with Gasteiger partial charge in [-0.2, -0.15) is 0 Å². The Morgan fingerprint density at radius 1 is 0.929 bits per heavy atom. The molecule has 1 saturated carbocycles. The summed E-state index contributed by atoms with van der Waals surface area (Å²) in [7, 11) is 1.40. The van der Waals surface area contributed by atoms with Crippen molar-refractivity contribution in [2.45, 2.75) is 76.5 Å². The van der Waals surface area contributed by atoms with Crippen LogP contribution in [-0.4, -0.2) is 18.1 Å². The quantitative estimate of drug-likeness (QED) is 0.653.